The number of hydrogen-bond donors (Lipinski definition) is 1. The summed E-state index contributed by atoms with van der Waals surface area (Å²) in [5, 5.41) is 9.48. The van der Waals surface area contributed by atoms with Crippen LogP contribution in [0.2, 0.25) is 0 Å². The van der Waals surface area contributed by atoms with Crippen molar-refractivity contribution in [1.82, 2.24) is 4.90 Å². The Kier molecular flexibility index (Phi) is 19.0. The lowest BCUT2D eigenvalue weighted by atomic mass is 9.50. The highest BCUT2D eigenvalue weighted by Gasteiger charge is 2.51. The molecular formula is C38H69NO5. The maximum Gasteiger partial charge on any atom is 0.305 e. The molecule has 4 aliphatic rings. The maximum atomic E-state index is 12.4. The predicted octanol–water partition coefficient (Wildman–Crippen LogP) is 9.02. The van der Waals surface area contributed by atoms with Gasteiger partial charge >= 0.3 is 11.9 Å². The minimum atomic E-state index is -0.0301. The number of rotatable bonds is 28. The van der Waals surface area contributed by atoms with Crippen molar-refractivity contribution in [3.05, 3.63) is 0 Å². The summed E-state index contributed by atoms with van der Waals surface area (Å²) in [7, 11) is 0. The third-order valence-corrected chi connectivity index (χ3v) is 10.8. The van der Waals surface area contributed by atoms with Crippen molar-refractivity contribution in [2.24, 2.45) is 23.2 Å². The van der Waals surface area contributed by atoms with Gasteiger partial charge in [0.2, 0.25) is 0 Å². The molecular weight excluding hydrogens is 550 g/mol. The zero-order valence-corrected chi connectivity index (χ0v) is 28.7. The third-order valence-electron chi connectivity index (χ3n) is 10.8. The average Bonchev–Trinajstić information content (AvgIpc) is 2.99. The zero-order valence-electron chi connectivity index (χ0n) is 28.7. The number of nitrogens with zero attached hydrogens (tertiary/aromatic N) is 1. The Morgan fingerprint density at radius 1 is 0.614 bits per heavy atom. The molecule has 6 heteroatoms. The van der Waals surface area contributed by atoms with Crippen LogP contribution in [0.15, 0.2) is 0 Å². The van der Waals surface area contributed by atoms with Crippen LogP contribution in [0.25, 0.3) is 0 Å². The average molecular weight is 620 g/mol. The van der Waals surface area contributed by atoms with E-state index in [0.717, 1.165) is 95.2 Å². The normalized spacial score (nSPS) is 23.8. The van der Waals surface area contributed by atoms with Crippen molar-refractivity contribution in [3.63, 3.8) is 0 Å². The summed E-state index contributed by atoms with van der Waals surface area (Å²) in [6.45, 7) is 6.55. The SMILES string of the molecule is CCCCCCCCCOC(=O)CCCCCCCN(CCO)CCCCCCCC(=O)OCC12CC3CC(CC(C3)C1)C2. The van der Waals surface area contributed by atoms with Crippen molar-refractivity contribution in [3.8, 4) is 0 Å². The Labute approximate surface area is 270 Å². The molecule has 44 heavy (non-hydrogen) atoms. The number of carbonyl (C=O) groups excluding carboxylic acids is 2. The molecule has 4 bridgehead atoms. The summed E-state index contributed by atoms with van der Waals surface area (Å²) >= 11 is 0. The van der Waals surface area contributed by atoms with Crippen LogP contribution in [0.1, 0.15) is 167 Å². The van der Waals surface area contributed by atoms with E-state index in [9.17, 15) is 14.7 Å². The summed E-state index contributed by atoms with van der Waals surface area (Å²) in [6.07, 6.45) is 29.0. The summed E-state index contributed by atoms with van der Waals surface area (Å²) in [5.41, 5.74) is 0.326. The van der Waals surface area contributed by atoms with Gasteiger partial charge < -0.3 is 19.5 Å². The number of carbonyl (C=O) groups is 2. The van der Waals surface area contributed by atoms with Gasteiger partial charge in [-0.05, 0) is 101 Å². The highest BCUT2D eigenvalue weighted by Crippen LogP contribution is 2.60. The van der Waals surface area contributed by atoms with E-state index in [1.54, 1.807) is 0 Å². The molecule has 0 heterocycles. The first kappa shape index (κ1) is 37.3. The van der Waals surface area contributed by atoms with E-state index in [0.29, 0.717) is 31.5 Å². The second-order valence-corrected chi connectivity index (χ2v) is 15.0. The van der Waals surface area contributed by atoms with Crippen molar-refractivity contribution >= 4 is 11.9 Å². The molecule has 0 aromatic heterocycles. The molecule has 0 aromatic rings. The second-order valence-electron chi connectivity index (χ2n) is 15.0. The smallest absolute Gasteiger partial charge is 0.305 e. The molecule has 1 N–H and O–H groups in total. The molecule has 4 rings (SSSR count). The maximum absolute atomic E-state index is 12.4. The van der Waals surface area contributed by atoms with Crippen molar-refractivity contribution in [2.75, 3.05) is 39.5 Å². The molecule has 4 aliphatic carbocycles. The molecule has 0 atom stereocenters. The number of ether oxygens (including phenoxy) is 2. The topological polar surface area (TPSA) is 76.1 Å². The van der Waals surface area contributed by atoms with E-state index in [2.05, 4.69) is 11.8 Å². The molecule has 0 radical (unpaired) electrons. The number of esters is 2. The van der Waals surface area contributed by atoms with Gasteiger partial charge in [0.05, 0.1) is 19.8 Å². The third kappa shape index (κ3) is 15.4. The lowest BCUT2D eigenvalue weighted by molar-refractivity contribution is -0.155. The monoisotopic (exact) mass is 620 g/mol. The Morgan fingerprint density at radius 2 is 1.07 bits per heavy atom. The largest absolute Gasteiger partial charge is 0.466 e. The van der Waals surface area contributed by atoms with E-state index >= 15 is 0 Å². The van der Waals surface area contributed by atoms with Gasteiger partial charge in [0.15, 0.2) is 0 Å². The number of hydrogen-bond acceptors (Lipinski definition) is 6. The standard InChI is InChI=1S/C38H69NO5/c1-2-3-4-5-6-13-18-25-43-36(41)19-14-9-7-11-16-21-39(23-24-40)22-17-12-8-10-15-20-37(42)44-32-38-29-33-26-34(30-38)28-35(27-33)31-38/h33-35,40H,2-32H2,1H3. The first-order valence-electron chi connectivity index (χ1n) is 19.2. The first-order chi connectivity index (χ1) is 21.5. The zero-order chi connectivity index (χ0) is 31.3. The van der Waals surface area contributed by atoms with Crippen molar-refractivity contribution in [1.29, 1.82) is 0 Å². The fourth-order valence-electron chi connectivity index (χ4n) is 8.84. The molecule has 6 nitrogen and oxygen atoms in total. The second kappa shape index (κ2) is 22.4. The van der Waals surface area contributed by atoms with Crippen LogP contribution in [-0.4, -0.2) is 61.4 Å². The van der Waals surface area contributed by atoms with Crippen LogP contribution in [-0.2, 0) is 19.1 Å². The van der Waals surface area contributed by atoms with E-state index < -0.39 is 0 Å². The van der Waals surface area contributed by atoms with E-state index in [4.69, 9.17) is 9.47 Å². The summed E-state index contributed by atoms with van der Waals surface area (Å²) in [4.78, 5) is 26.7. The van der Waals surface area contributed by atoms with Gasteiger partial charge in [-0.3, -0.25) is 9.59 Å². The Balaban J connectivity index is 1.08. The van der Waals surface area contributed by atoms with Crippen LogP contribution in [0.3, 0.4) is 0 Å². The molecule has 0 saturated heterocycles. The van der Waals surface area contributed by atoms with Gasteiger partial charge in [-0.15, -0.1) is 0 Å². The predicted molar refractivity (Wildman–Crippen MR) is 179 cm³/mol. The van der Waals surface area contributed by atoms with Crippen molar-refractivity contribution in [2.45, 2.75) is 167 Å². The van der Waals surface area contributed by atoms with E-state index in [1.807, 2.05) is 0 Å². The van der Waals surface area contributed by atoms with Gasteiger partial charge in [-0.2, -0.15) is 0 Å². The molecule has 0 aliphatic heterocycles. The van der Waals surface area contributed by atoms with E-state index in [-0.39, 0.29) is 18.5 Å². The van der Waals surface area contributed by atoms with Gasteiger partial charge in [0.1, 0.15) is 0 Å². The van der Waals surface area contributed by atoms with Crippen LogP contribution >= 0.6 is 0 Å². The minimum absolute atomic E-state index is 0.0219. The fourth-order valence-corrected chi connectivity index (χ4v) is 8.84. The number of aliphatic hydroxyl groups is 1. The molecule has 0 spiro atoms. The highest BCUT2D eigenvalue weighted by molar-refractivity contribution is 5.69. The summed E-state index contributed by atoms with van der Waals surface area (Å²) in [5.74, 6) is 2.72. The van der Waals surface area contributed by atoms with Gasteiger partial charge in [0.25, 0.3) is 0 Å². The first-order valence-corrected chi connectivity index (χ1v) is 19.2. The molecule has 256 valence electrons. The Morgan fingerprint density at radius 3 is 1.59 bits per heavy atom. The molecule has 4 fully saturated rings. The van der Waals surface area contributed by atoms with Crippen LogP contribution in [0.4, 0.5) is 0 Å². The molecule has 0 unspecified atom stereocenters. The number of aliphatic hydroxyl groups excluding tert-OH is 1. The van der Waals surface area contributed by atoms with Crippen LogP contribution < -0.4 is 0 Å². The van der Waals surface area contributed by atoms with Crippen molar-refractivity contribution < 1.29 is 24.2 Å². The number of unbranched alkanes of at least 4 members (excludes halogenated alkanes) is 14. The summed E-state index contributed by atoms with van der Waals surface area (Å²) < 4.78 is 11.2. The van der Waals surface area contributed by atoms with Gasteiger partial charge in [-0.25, -0.2) is 0 Å². The Hall–Kier alpha value is -1.14. The van der Waals surface area contributed by atoms with Gasteiger partial charge in [0, 0.05) is 24.8 Å². The lowest BCUT2D eigenvalue weighted by Gasteiger charge is -2.56. The lowest BCUT2D eigenvalue weighted by Crippen LogP contribution is -2.48. The molecule has 0 amide bonds. The minimum Gasteiger partial charge on any atom is -0.466 e. The van der Waals surface area contributed by atoms with Crippen LogP contribution in [0.5, 0.6) is 0 Å². The Bertz CT molecular complexity index is 735. The van der Waals surface area contributed by atoms with E-state index in [1.165, 1.54) is 89.9 Å². The summed E-state index contributed by atoms with van der Waals surface area (Å²) in [6, 6.07) is 0. The molecule has 4 saturated carbocycles. The van der Waals surface area contributed by atoms with Crippen LogP contribution in [0, 0.1) is 23.2 Å². The van der Waals surface area contributed by atoms with Gasteiger partial charge in [-0.1, -0.05) is 84.0 Å². The molecule has 0 aromatic carbocycles. The highest BCUT2D eigenvalue weighted by atomic mass is 16.5. The fraction of sp³-hybridized carbons (Fsp3) is 0.947. The quantitative estimate of drug-likeness (QED) is 0.0696.